The fourth-order valence-electron chi connectivity index (χ4n) is 4.14. The van der Waals surface area contributed by atoms with Gasteiger partial charge in [0.2, 0.25) is 0 Å². The number of ether oxygens (including phenoxy) is 1. The number of nitrogens with zero attached hydrogens (tertiary/aromatic N) is 5. The number of nitriles is 1. The predicted molar refractivity (Wildman–Crippen MR) is 137 cm³/mol. The third-order valence-corrected chi connectivity index (χ3v) is 6.10. The molecule has 0 saturated heterocycles. The predicted octanol–water partition coefficient (Wildman–Crippen LogP) is 4.91. The van der Waals surface area contributed by atoms with Crippen molar-refractivity contribution in [2.24, 2.45) is 5.92 Å². The van der Waals surface area contributed by atoms with Gasteiger partial charge in [-0.15, -0.1) is 0 Å². The first-order chi connectivity index (χ1) is 17.6. The third kappa shape index (κ3) is 6.52. The van der Waals surface area contributed by atoms with Crippen LogP contribution in [0.4, 0.5) is 26.5 Å². The summed E-state index contributed by atoms with van der Waals surface area (Å²) in [5.74, 6) is -0.245. The number of aromatic nitrogens is 4. The molecule has 10 nitrogen and oxygen atoms in total. The van der Waals surface area contributed by atoms with Crippen molar-refractivity contribution < 1.29 is 13.9 Å². The van der Waals surface area contributed by atoms with Crippen LogP contribution >= 0.6 is 0 Å². The number of alkyl carbamates (subject to hydrolysis) is 1. The van der Waals surface area contributed by atoms with Gasteiger partial charge in [0.25, 0.3) is 0 Å². The first-order valence-corrected chi connectivity index (χ1v) is 12.2. The first-order valence-electron chi connectivity index (χ1n) is 12.2. The van der Waals surface area contributed by atoms with Crippen molar-refractivity contribution in [3.05, 3.63) is 54.4 Å². The van der Waals surface area contributed by atoms with E-state index in [1.54, 1.807) is 62.4 Å². The summed E-state index contributed by atoms with van der Waals surface area (Å²) in [7, 11) is 0. The molecule has 3 N–H and O–H groups in total. The average Bonchev–Trinajstić information content (AvgIpc) is 3.33. The molecule has 3 aromatic heterocycles. The normalized spacial score (nSPS) is 15.1. The Labute approximate surface area is 215 Å². The van der Waals surface area contributed by atoms with Crippen molar-refractivity contribution in [3.8, 4) is 11.8 Å². The van der Waals surface area contributed by atoms with Crippen molar-refractivity contribution in [2.45, 2.75) is 64.6 Å². The standard InChI is InChI=1S/C26H31FN8O2/c1-16(31-25(36)37-26(2,3)4)22(17-7-5-8-17)33-24-21(27)11-18(13-28)23(34-24)32-19-12-20(15-29-14-19)35-10-6-9-30-35/h6,9-12,14-17,22H,5,7-8H2,1-4H3,(H,31,36)(H2,32,33,34)/t16-,22?/m0/s1. The number of nitrogens with one attached hydrogen (secondary N) is 3. The second kappa shape index (κ2) is 10.8. The van der Waals surface area contributed by atoms with E-state index < -0.39 is 17.5 Å². The van der Waals surface area contributed by atoms with Gasteiger partial charge in [0.15, 0.2) is 17.5 Å². The fraction of sp³-hybridized carbons (Fsp3) is 0.423. The summed E-state index contributed by atoms with van der Waals surface area (Å²) in [5.41, 5.74) is 0.687. The van der Waals surface area contributed by atoms with E-state index in [0.717, 1.165) is 25.3 Å². The maximum Gasteiger partial charge on any atom is 0.407 e. The summed E-state index contributed by atoms with van der Waals surface area (Å²) < 4.78 is 22.1. The van der Waals surface area contributed by atoms with Crippen LogP contribution in [0.2, 0.25) is 0 Å². The second-order valence-corrected chi connectivity index (χ2v) is 10.1. The lowest BCUT2D eigenvalue weighted by Gasteiger charge is -2.38. The molecule has 37 heavy (non-hydrogen) atoms. The molecule has 0 bridgehead atoms. The van der Waals surface area contributed by atoms with Gasteiger partial charge in [-0.3, -0.25) is 4.98 Å². The van der Waals surface area contributed by atoms with E-state index in [9.17, 15) is 10.1 Å². The Morgan fingerprint density at radius 3 is 2.68 bits per heavy atom. The molecular weight excluding hydrogens is 475 g/mol. The summed E-state index contributed by atoms with van der Waals surface area (Å²) in [6.07, 6.45) is 9.10. The number of pyridine rings is 2. The Balaban J connectivity index is 1.57. The number of halogens is 1. The smallest absolute Gasteiger partial charge is 0.407 e. The lowest BCUT2D eigenvalue weighted by molar-refractivity contribution is 0.0492. The average molecular weight is 507 g/mol. The van der Waals surface area contributed by atoms with Crippen LogP contribution in [0.5, 0.6) is 0 Å². The number of anilines is 3. The van der Waals surface area contributed by atoms with E-state index in [1.807, 2.05) is 13.0 Å². The highest BCUT2D eigenvalue weighted by Crippen LogP contribution is 2.34. The molecule has 3 heterocycles. The number of carbonyl (C=O) groups excluding carboxylic acids is 1. The van der Waals surface area contributed by atoms with Gasteiger partial charge in [-0.2, -0.15) is 10.4 Å². The molecule has 4 rings (SSSR count). The minimum atomic E-state index is -0.653. The Hall–Kier alpha value is -4.20. The van der Waals surface area contributed by atoms with Crippen molar-refractivity contribution in [3.63, 3.8) is 0 Å². The number of hydrogen-bond acceptors (Lipinski definition) is 8. The molecule has 0 aromatic carbocycles. The maximum absolute atomic E-state index is 15.1. The van der Waals surface area contributed by atoms with Gasteiger partial charge in [-0.05, 0) is 64.7 Å². The zero-order valence-corrected chi connectivity index (χ0v) is 21.3. The molecule has 1 saturated carbocycles. The van der Waals surface area contributed by atoms with Crippen LogP contribution in [0.25, 0.3) is 5.69 Å². The van der Waals surface area contributed by atoms with Crippen LogP contribution in [0.3, 0.4) is 0 Å². The van der Waals surface area contributed by atoms with Gasteiger partial charge in [-0.1, -0.05) is 6.42 Å². The molecule has 1 aliphatic carbocycles. The van der Waals surface area contributed by atoms with Gasteiger partial charge in [0.1, 0.15) is 11.7 Å². The molecule has 1 aliphatic rings. The van der Waals surface area contributed by atoms with Crippen LogP contribution in [0, 0.1) is 23.1 Å². The molecule has 1 unspecified atom stereocenters. The van der Waals surface area contributed by atoms with E-state index in [2.05, 4.69) is 31.0 Å². The maximum atomic E-state index is 15.1. The molecule has 2 atom stereocenters. The quantitative estimate of drug-likeness (QED) is 0.393. The van der Waals surface area contributed by atoms with Crippen molar-refractivity contribution in [2.75, 3.05) is 10.6 Å². The first kappa shape index (κ1) is 25.9. The fourth-order valence-corrected chi connectivity index (χ4v) is 4.14. The lowest BCUT2D eigenvalue weighted by atomic mass is 9.77. The van der Waals surface area contributed by atoms with E-state index in [-0.39, 0.29) is 35.2 Å². The van der Waals surface area contributed by atoms with Crippen LogP contribution in [0.15, 0.2) is 43.0 Å². The molecule has 0 radical (unpaired) electrons. The Morgan fingerprint density at radius 1 is 1.27 bits per heavy atom. The second-order valence-electron chi connectivity index (χ2n) is 10.1. The number of rotatable bonds is 8. The zero-order valence-electron chi connectivity index (χ0n) is 21.3. The Morgan fingerprint density at radius 2 is 2.05 bits per heavy atom. The summed E-state index contributed by atoms with van der Waals surface area (Å²) >= 11 is 0. The Kier molecular flexibility index (Phi) is 7.57. The SMILES string of the molecule is C[C@H](NC(=O)OC(C)(C)C)C(Nc1nc(Nc2cncc(-n3cccn3)c2)c(C#N)cc1F)C1CCC1. The highest BCUT2D eigenvalue weighted by atomic mass is 19.1. The van der Waals surface area contributed by atoms with Gasteiger partial charge >= 0.3 is 6.09 Å². The van der Waals surface area contributed by atoms with E-state index in [1.165, 1.54) is 0 Å². The van der Waals surface area contributed by atoms with Crippen LogP contribution in [-0.2, 0) is 4.74 Å². The zero-order chi connectivity index (χ0) is 26.6. The molecule has 11 heteroatoms. The van der Waals surface area contributed by atoms with Gasteiger partial charge in [-0.25, -0.2) is 18.9 Å². The minimum Gasteiger partial charge on any atom is -0.444 e. The van der Waals surface area contributed by atoms with Crippen molar-refractivity contribution >= 4 is 23.4 Å². The minimum absolute atomic E-state index is 0.00701. The monoisotopic (exact) mass is 506 g/mol. The highest BCUT2D eigenvalue weighted by Gasteiger charge is 2.34. The van der Waals surface area contributed by atoms with Crippen LogP contribution in [-0.4, -0.2) is 43.5 Å². The van der Waals surface area contributed by atoms with Crippen LogP contribution < -0.4 is 16.0 Å². The molecule has 194 valence electrons. The van der Waals surface area contributed by atoms with Gasteiger partial charge in [0.05, 0.1) is 35.4 Å². The summed E-state index contributed by atoms with van der Waals surface area (Å²) in [6, 6.07) is 6.09. The van der Waals surface area contributed by atoms with Crippen molar-refractivity contribution in [1.82, 2.24) is 25.1 Å². The summed E-state index contributed by atoms with van der Waals surface area (Å²) in [4.78, 5) is 21.0. The molecule has 1 fully saturated rings. The largest absolute Gasteiger partial charge is 0.444 e. The third-order valence-electron chi connectivity index (χ3n) is 6.10. The van der Waals surface area contributed by atoms with Crippen LogP contribution in [0.1, 0.15) is 52.5 Å². The molecular formula is C26H31FN8O2. The molecule has 0 aliphatic heterocycles. The molecule has 3 aromatic rings. The highest BCUT2D eigenvalue weighted by molar-refractivity contribution is 5.68. The van der Waals surface area contributed by atoms with E-state index in [4.69, 9.17) is 4.74 Å². The molecule has 0 spiro atoms. The topological polar surface area (TPSA) is 130 Å². The lowest BCUT2D eigenvalue weighted by Crippen LogP contribution is -2.51. The summed E-state index contributed by atoms with van der Waals surface area (Å²) in [5, 5.41) is 22.9. The van der Waals surface area contributed by atoms with Gasteiger partial charge in [0, 0.05) is 18.4 Å². The number of amides is 1. The molecule has 1 amide bonds. The van der Waals surface area contributed by atoms with Gasteiger partial charge < -0.3 is 20.7 Å². The summed E-state index contributed by atoms with van der Waals surface area (Å²) in [6.45, 7) is 7.24. The Bertz CT molecular complexity index is 1280. The van der Waals surface area contributed by atoms with E-state index in [0.29, 0.717) is 11.4 Å². The van der Waals surface area contributed by atoms with Crippen molar-refractivity contribution in [1.29, 1.82) is 5.26 Å². The number of carbonyl (C=O) groups is 1. The van der Waals surface area contributed by atoms with E-state index >= 15 is 4.39 Å². The number of hydrogen-bond donors (Lipinski definition) is 3.